The Kier molecular flexibility index (Phi) is 3.73. The minimum Gasteiger partial charge on any atom is -0.398 e. The van der Waals surface area contributed by atoms with E-state index >= 15 is 0 Å². The predicted molar refractivity (Wildman–Crippen MR) is 67.5 cm³/mol. The SMILES string of the molecule is C/C=C(C)\C=C(/N)c1ccc(C)c(C)c1. The molecular weight excluding hydrogens is 182 g/mol. The molecule has 0 saturated carbocycles. The van der Waals surface area contributed by atoms with Gasteiger partial charge in [-0.15, -0.1) is 0 Å². The summed E-state index contributed by atoms with van der Waals surface area (Å²) in [6.45, 7) is 8.28. The van der Waals surface area contributed by atoms with Crippen LogP contribution in [0.5, 0.6) is 0 Å². The van der Waals surface area contributed by atoms with E-state index in [9.17, 15) is 0 Å². The van der Waals surface area contributed by atoms with E-state index in [2.05, 4.69) is 32.0 Å². The first-order valence-corrected chi connectivity index (χ1v) is 5.22. The Hall–Kier alpha value is -1.50. The molecule has 80 valence electrons. The average Bonchev–Trinajstić information content (AvgIpc) is 2.21. The summed E-state index contributed by atoms with van der Waals surface area (Å²) in [5, 5.41) is 0. The zero-order valence-corrected chi connectivity index (χ0v) is 9.96. The summed E-state index contributed by atoms with van der Waals surface area (Å²) >= 11 is 0. The largest absolute Gasteiger partial charge is 0.398 e. The van der Waals surface area contributed by atoms with E-state index in [1.807, 2.05) is 26.0 Å². The normalized spacial score (nSPS) is 13.1. The Morgan fingerprint density at radius 2 is 1.87 bits per heavy atom. The highest BCUT2D eigenvalue weighted by atomic mass is 14.6. The molecule has 0 atom stereocenters. The number of hydrogen-bond donors (Lipinski definition) is 1. The smallest absolute Gasteiger partial charge is 0.0390 e. The summed E-state index contributed by atoms with van der Waals surface area (Å²) in [7, 11) is 0. The molecular formula is C14H19N. The molecule has 0 radical (unpaired) electrons. The molecule has 1 rings (SSSR count). The van der Waals surface area contributed by atoms with Crippen molar-refractivity contribution in [2.75, 3.05) is 0 Å². The maximum absolute atomic E-state index is 6.01. The lowest BCUT2D eigenvalue weighted by Gasteiger charge is -2.05. The van der Waals surface area contributed by atoms with E-state index < -0.39 is 0 Å². The summed E-state index contributed by atoms with van der Waals surface area (Å²) < 4.78 is 0. The summed E-state index contributed by atoms with van der Waals surface area (Å²) in [6, 6.07) is 6.30. The maximum atomic E-state index is 6.01. The fraction of sp³-hybridized carbons (Fsp3) is 0.286. The molecule has 0 spiro atoms. The van der Waals surface area contributed by atoms with Gasteiger partial charge in [-0.2, -0.15) is 0 Å². The molecule has 0 aliphatic heterocycles. The lowest BCUT2D eigenvalue weighted by atomic mass is 10.0. The lowest BCUT2D eigenvalue weighted by Crippen LogP contribution is -1.97. The van der Waals surface area contributed by atoms with Crippen molar-refractivity contribution in [3.8, 4) is 0 Å². The van der Waals surface area contributed by atoms with Gasteiger partial charge >= 0.3 is 0 Å². The Labute approximate surface area is 92.3 Å². The number of nitrogens with two attached hydrogens (primary N) is 1. The summed E-state index contributed by atoms with van der Waals surface area (Å²) in [5.74, 6) is 0. The van der Waals surface area contributed by atoms with Crippen LogP contribution in [0.3, 0.4) is 0 Å². The van der Waals surface area contributed by atoms with Crippen molar-refractivity contribution < 1.29 is 0 Å². The van der Waals surface area contributed by atoms with Crippen LogP contribution < -0.4 is 5.73 Å². The molecule has 0 bridgehead atoms. The van der Waals surface area contributed by atoms with Gasteiger partial charge in [0.05, 0.1) is 0 Å². The van der Waals surface area contributed by atoms with E-state index in [1.165, 1.54) is 16.7 Å². The third-order valence-electron chi connectivity index (χ3n) is 2.68. The van der Waals surface area contributed by atoms with Crippen LogP contribution in [0.4, 0.5) is 0 Å². The first-order valence-electron chi connectivity index (χ1n) is 5.22. The highest BCUT2D eigenvalue weighted by Gasteiger charge is 1.98. The van der Waals surface area contributed by atoms with Crippen LogP contribution in [0.25, 0.3) is 5.70 Å². The Morgan fingerprint density at radius 3 is 2.40 bits per heavy atom. The lowest BCUT2D eigenvalue weighted by molar-refractivity contribution is 1.32. The maximum Gasteiger partial charge on any atom is 0.0390 e. The third kappa shape index (κ3) is 2.98. The summed E-state index contributed by atoms with van der Waals surface area (Å²) in [4.78, 5) is 0. The molecule has 0 heterocycles. The van der Waals surface area contributed by atoms with Crippen molar-refractivity contribution in [1.82, 2.24) is 0 Å². The van der Waals surface area contributed by atoms with Crippen LogP contribution in [0.15, 0.2) is 35.9 Å². The number of rotatable bonds is 2. The van der Waals surface area contributed by atoms with Gasteiger partial charge in [0.15, 0.2) is 0 Å². The van der Waals surface area contributed by atoms with Crippen molar-refractivity contribution in [3.63, 3.8) is 0 Å². The van der Waals surface area contributed by atoms with Crippen molar-refractivity contribution in [2.45, 2.75) is 27.7 Å². The fourth-order valence-electron chi connectivity index (χ4n) is 1.33. The van der Waals surface area contributed by atoms with Gasteiger partial charge in [-0.1, -0.05) is 23.8 Å². The monoisotopic (exact) mass is 201 g/mol. The zero-order valence-electron chi connectivity index (χ0n) is 9.96. The second-order valence-corrected chi connectivity index (χ2v) is 3.93. The van der Waals surface area contributed by atoms with Crippen molar-refractivity contribution >= 4 is 5.70 Å². The number of hydrogen-bond acceptors (Lipinski definition) is 1. The molecule has 0 aromatic heterocycles. The van der Waals surface area contributed by atoms with Gasteiger partial charge in [-0.25, -0.2) is 0 Å². The molecule has 0 fully saturated rings. The van der Waals surface area contributed by atoms with Crippen LogP contribution in [-0.4, -0.2) is 0 Å². The van der Waals surface area contributed by atoms with Crippen molar-refractivity contribution in [2.24, 2.45) is 5.73 Å². The summed E-state index contributed by atoms with van der Waals surface area (Å²) in [5.41, 5.74) is 11.7. The molecule has 0 aliphatic carbocycles. The highest BCUT2D eigenvalue weighted by Crippen LogP contribution is 2.15. The van der Waals surface area contributed by atoms with Crippen LogP contribution >= 0.6 is 0 Å². The van der Waals surface area contributed by atoms with E-state index in [0.717, 1.165) is 11.3 Å². The Morgan fingerprint density at radius 1 is 1.20 bits per heavy atom. The minimum absolute atomic E-state index is 0.828. The number of allylic oxidation sites excluding steroid dienone is 3. The Bertz CT molecular complexity index is 411. The van der Waals surface area contributed by atoms with E-state index in [-0.39, 0.29) is 0 Å². The second kappa shape index (κ2) is 4.83. The van der Waals surface area contributed by atoms with Gasteiger partial charge in [0.25, 0.3) is 0 Å². The van der Waals surface area contributed by atoms with Crippen LogP contribution in [0, 0.1) is 13.8 Å². The van der Waals surface area contributed by atoms with E-state index in [4.69, 9.17) is 5.73 Å². The quantitative estimate of drug-likeness (QED) is 0.727. The van der Waals surface area contributed by atoms with Gasteiger partial charge in [0.1, 0.15) is 0 Å². The van der Waals surface area contributed by atoms with Crippen molar-refractivity contribution in [1.29, 1.82) is 0 Å². The first kappa shape index (κ1) is 11.6. The molecule has 2 N–H and O–H groups in total. The number of aryl methyl sites for hydroxylation is 2. The van der Waals surface area contributed by atoms with Gasteiger partial charge in [0, 0.05) is 5.70 Å². The predicted octanol–water partition coefficient (Wildman–Crippen LogP) is 3.57. The molecule has 0 saturated heterocycles. The molecule has 1 aromatic carbocycles. The van der Waals surface area contributed by atoms with Crippen LogP contribution in [0.2, 0.25) is 0 Å². The van der Waals surface area contributed by atoms with Crippen molar-refractivity contribution in [3.05, 3.63) is 52.6 Å². The van der Waals surface area contributed by atoms with Gasteiger partial charge in [-0.3, -0.25) is 0 Å². The molecule has 0 amide bonds. The van der Waals surface area contributed by atoms with E-state index in [0.29, 0.717) is 0 Å². The van der Waals surface area contributed by atoms with Crippen LogP contribution in [-0.2, 0) is 0 Å². The minimum atomic E-state index is 0.828. The summed E-state index contributed by atoms with van der Waals surface area (Å²) in [6.07, 6.45) is 4.05. The molecule has 15 heavy (non-hydrogen) atoms. The number of benzene rings is 1. The van der Waals surface area contributed by atoms with Crippen LogP contribution in [0.1, 0.15) is 30.5 Å². The standard InChI is InChI=1S/C14H19N/c1-5-10(2)8-14(15)13-7-6-11(3)12(4)9-13/h5-9H,15H2,1-4H3/b10-5-,14-8-. The first-order chi connectivity index (χ1) is 7.04. The zero-order chi connectivity index (χ0) is 11.4. The average molecular weight is 201 g/mol. The second-order valence-electron chi connectivity index (χ2n) is 3.93. The van der Waals surface area contributed by atoms with Gasteiger partial charge in [-0.05, 0) is 56.5 Å². The molecule has 0 unspecified atom stereocenters. The molecule has 1 nitrogen and oxygen atoms in total. The van der Waals surface area contributed by atoms with E-state index in [1.54, 1.807) is 0 Å². The Balaban J connectivity index is 3.07. The highest BCUT2D eigenvalue weighted by molar-refractivity contribution is 5.66. The molecule has 1 aromatic rings. The topological polar surface area (TPSA) is 26.0 Å². The third-order valence-corrected chi connectivity index (χ3v) is 2.68. The fourth-order valence-corrected chi connectivity index (χ4v) is 1.33. The molecule has 0 aliphatic rings. The van der Waals surface area contributed by atoms with Gasteiger partial charge in [0.2, 0.25) is 0 Å². The van der Waals surface area contributed by atoms with Gasteiger partial charge < -0.3 is 5.73 Å². The molecule has 1 heteroatoms.